The Morgan fingerprint density at radius 1 is 1.64 bits per heavy atom. The number of halogens is 3. The first-order valence-corrected chi connectivity index (χ1v) is 3.80. The molecule has 0 heterocycles. The van der Waals surface area contributed by atoms with Crippen LogP contribution < -0.4 is 11.1 Å². The number of nitrogens with one attached hydrogen (secondary N) is 1. The molecule has 0 aromatic rings. The zero-order valence-corrected chi connectivity index (χ0v) is 7.43. The summed E-state index contributed by atoms with van der Waals surface area (Å²) in [4.78, 5) is 10.8. The second-order valence-corrected chi connectivity index (χ2v) is 2.89. The standard InChI is InChI=1S/C7H10F3N3O/c1-4(7(8,9)10)2-5(12)6(14)13-3-11/h4-5H,2,12H2,1H3,(H,13,14)/t4?,5-/m0/s1. The predicted molar refractivity (Wildman–Crippen MR) is 41.6 cm³/mol. The van der Waals surface area contributed by atoms with E-state index < -0.39 is 30.5 Å². The molecule has 0 saturated heterocycles. The lowest BCUT2D eigenvalue weighted by Gasteiger charge is -2.18. The van der Waals surface area contributed by atoms with E-state index in [0.29, 0.717) is 0 Å². The summed E-state index contributed by atoms with van der Waals surface area (Å²) in [6.07, 6.45) is -3.60. The number of nitrogens with two attached hydrogens (primary N) is 1. The number of hydrogen-bond acceptors (Lipinski definition) is 3. The number of carbonyl (C=O) groups excluding carboxylic acids is 1. The van der Waals surface area contributed by atoms with Crippen molar-refractivity contribution in [2.24, 2.45) is 11.7 Å². The van der Waals surface area contributed by atoms with Crippen molar-refractivity contribution >= 4 is 5.91 Å². The molecular formula is C7H10F3N3O. The molecule has 0 saturated carbocycles. The van der Waals surface area contributed by atoms with Gasteiger partial charge in [0, 0.05) is 0 Å². The average Bonchev–Trinajstić information content (AvgIpc) is 2.02. The second kappa shape index (κ2) is 4.81. The van der Waals surface area contributed by atoms with Crippen LogP contribution in [0, 0.1) is 17.4 Å². The largest absolute Gasteiger partial charge is 0.391 e. The Morgan fingerprint density at radius 3 is 2.50 bits per heavy atom. The van der Waals surface area contributed by atoms with E-state index in [1.54, 1.807) is 5.32 Å². The monoisotopic (exact) mass is 209 g/mol. The van der Waals surface area contributed by atoms with Gasteiger partial charge in [-0.3, -0.25) is 10.1 Å². The quantitative estimate of drug-likeness (QED) is 0.524. The Balaban J connectivity index is 4.14. The molecule has 14 heavy (non-hydrogen) atoms. The normalized spacial score (nSPS) is 15.4. The van der Waals surface area contributed by atoms with E-state index in [1.807, 2.05) is 0 Å². The fraction of sp³-hybridized carbons (Fsp3) is 0.714. The van der Waals surface area contributed by atoms with Crippen molar-refractivity contribution in [3.63, 3.8) is 0 Å². The molecule has 7 heteroatoms. The van der Waals surface area contributed by atoms with Gasteiger partial charge < -0.3 is 5.73 Å². The third kappa shape index (κ3) is 4.09. The molecule has 80 valence electrons. The molecule has 4 nitrogen and oxygen atoms in total. The topological polar surface area (TPSA) is 78.9 Å². The van der Waals surface area contributed by atoms with Crippen molar-refractivity contribution in [1.29, 1.82) is 5.26 Å². The van der Waals surface area contributed by atoms with Crippen LogP contribution >= 0.6 is 0 Å². The van der Waals surface area contributed by atoms with Gasteiger partial charge in [-0.25, -0.2) is 0 Å². The fourth-order valence-electron chi connectivity index (χ4n) is 0.769. The summed E-state index contributed by atoms with van der Waals surface area (Å²) < 4.78 is 36.0. The summed E-state index contributed by atoms with van der Waals surface area (Å²) >= 11 is 0. The van der Waals surface area contributed by atoms with Crippen molar-refractivity contribution < 1.29 is 18.0 Å². The summed E-state index contributed by atoms with van der Waals surface area (Å²) in [5.74, 6) is -2.56. The summed E-state index contributed by atoms with van der Waals surface area (Å²) in [6, 6.07) is -1.31. The van der Waals surface area contributed by atoms with Crippen LogP contribution in [0.1, 0.15) is 13.3 Å². The second-order valence-electron chi connectivity index (χ2n) is 2.89. The van der Waals surface area contributed by atoms with Crippen molar-refractivity contribution in [3.05, 3.63) is 0 Å². The van der Waals surface area contributed by atoms with Gasteiger partial charge in [-0.2, -0.15) is 18.4 Å². The molecule has 0 aromatic heterocycles. The Morgan fingerprint density at radius 2 is 2.14 bits per heavy atom. The van der Waals surface area contributed by atoms with Gasteiger partial charge in [0.25, 0.3) is 0 Å². The summed E-state index contributed by atoms with van der Waals surface area (Å²) in [7, 11) is 0. The first kappa shape index (κ1) is 12.7. The third-order valence-electron chi connectivity index (χ3n) is 1.68. The fourth-order valence-corrected chi connectivity index (χ4v) is 0.769. The van der Waals surface area contributed by atoms with Crippen molar-refractivity contribution in [2.75, 3.05) is 0 Å². The molecule has 3 N–H and O–H groups in total. The highest BCUT2D eigenvalue weighted by atomic mass is 19.4. The summed E-state index contributed by atoms with van der Waals surface area (Å²) in [6.45, 7) is 0.930. The van der Waals surface area contributed by atoms with Gasteiger partial charge >= 0.3 is 6.18 Å². The molecule has 2 atom stereocenters. The van der Waals surface area contributed by atoms with E-state index in [4.69, 9.17) is 11.0 Å². The van der Waals surface area contributed by atoms with E-state index in [9.17, 15) is 18.0 Å². The van der Waals surface area contributed by atoms with E-state index in [1.165, 1.54) is 6.19 Å². The molecule has 0 aliphatic carbocycles. The van der Waals surface area contributed by atoms with E-state index in [0.717, 1.165) is 6.92 Å². The molecule has 0 fully saturated rings. The van der Waals surface area contributed by atoms with Gasteiger partial charge in [-0.05, 0) is 6.42 Å². The lowest BCUT2D eigenvalue weighted by molar-refractivity contribution is -0.172. The molecule has 1 amide bonds. The van der Waals surface area contributed by atoms with Crippen LogP contribution in [0.5, 0.6) is 0 Å². The van der Waals surface area contributed by atoms with Crippen LogP contribution in [-0.2, 0) is 4.79 Å². The summed E-state index contributed by atoms with van der Waals surface area (Å²) in [5, 5.41) is 9.70. The number of hydrogen-bond donors (Lipinski definition) is 2. The first-order chi connectivity index (χ1) is 6.29. The predicted octanol–water partition coefficient (Wildman–Crippen LogP) is 0.499. The number of rotatable bonds is 3. The summed E-state index contributed by atoms with van der Waals surface area (Å²) in [5.41, 5.74) is 5.14. The highest BCUT2D eigenvalue weighted by molar-refractivity contribution is 5.82. The Bertz CT molecular complexity index is 246. The Kier molecular flexibility index (Phi) is 4.37. The molecule has 0 bridgehead atoms. The maximum atomic E-state index is 12.0. The minimum Gasteiger partial charge on any atom is -0.320 e. The Hall–Kier alpha value is -1.29. The van der Waals surface area contributed by atoms with Crippen LogP contribution in [0.3, 0.4) is 0 Å². The van der Waals surface area contributed by atoms with Gasteiger partial charge in [-0.1, -0.05) is 6.92 Å². The minimum absolute atomic E-state index is 0.531. The van der Waals surface area contributed by atoms with Crippen LogP contribution in [0.4, 0.5) is 13.2 Å². The average molecular weight is 209 g/mol. The van der Waals surface area contributed by atoms with Gasteiger partial charge in [0.2, 0.25) is 5.91 Å². The maximum Gasteiger partial charge on any atom is 0.391 e. The highest BCUT2D eigenvalue weighted by Crippen LogP contribution is 2.28. The van der Waals surface area contributed by atoms with Gasteiger partial charge in [0.15, 0.2) is 6.19 Å². The lowest BCUT2D eigenvalue weighted by Crippen LogP contribution is -2.41. The van der Waals surface area contributed by atoms with Crippen molar-refractivity contribution in [2.45, 2.75) is 25.6 Å². The van der Waals surface area contributed by atoms with Crippen LogP contribution in [0.2, 0.25) is 0 Å². The van der Waals surface area contributed by atoms with Gasteiger partial charge in [-0.15, -0.1) is 0 Å². The molecule has 0 aromatic carbocycles. The SMILES string of the molecule is CC(C[C@H](N)C(=O)NC#N)C(F)(F)F. The van der Waals surface area contributed by atoms with Crippen LogP contribution in [0.15, 0.2) is 0 Å². The smallest absolute Gasteiger partial charge is 0.320 e. The van der Waals surface area contributed by atoms with Crippen molar-refractivity contribution in [1.82, 2.24) is 5.32 Å². The molecule has 0 rings (SSSR count). The van der Waals surface area contributed by atoms with E-state index in [2.05, 4.69) is 0 Å². The van der Waals surface area contributed by atoms with Crippen LogP contribution in [-0.4, -0.2) is 18.1 Å². The maximum absolute atomic E-state index is 12.0. The minimum atomic E-state index is -4.37. The van der Waals surface area contributed by atoms with E-state index in [-0.39, 0.29) is 0 Å². The molecule has 0 aliphatic rings. The number of alkyl halides is 3. The van der Waals surface area contributed by atoms with Gasteiger partial charge in [0.05, 0.1) is 12.0 Å². The molecule has 0 aliphatic heterocycles. The van der Waals surface area contributed by atoms with Crippen LogP contribution in [0.25, 0.3) is 0 Å². The zero-order valence-electron chi connectivity index (χ0n) is 7.43. The molecule has 1 unspecified atom stereocenters. The number of carbonyl (C=O) groups is 1. The molecular weight excluding hydrogens is 199 g/mol. The number of nitrogens with zero attached hydrogens (tertiary/aromatic N) is 1. The molecule has 0 radical (unpaired) electrons. The number of amides is 1. The molecule has 0 spiro atoms. The Labute approximate surface area is 78.9 Å². The first-order valence-electron chi connectivity index (χ1n) is 3.80. The number of nitriles is 1. The van der Waals surface area contributed by atoms with Gasteiger partial charge in [0.1, 0.15) is 0 Å². The highest BCUT2D eigenvalue weighted by Gasteiger charge is 2.37. The lowest BCUT2D eigenvalue weighted by atomic mass is 10.0. The zero-order chi connectivity index (χ0) is 11.4. The van der Waals surface area contributed by atoms with Crippen molar-refractivity contribution in [3.8, 4) is 6.19 Å². The van der Waals surface area contributed by atoms with E-state index >= 15 is 0 Å². The third-order valence-corrected chi connectivity index (χ3v) is 1.68.